The van der Waals surface area contributed by atoms with E-state index < -0.39 is 11.6 Å². The van der Waals surface area contributed by atoms with Gasteiger partial charge in [0.15, 0.2) is 11.6 Å². The van der Waals surface area contributed by atoms with Crippen molar-refractivity contribution in [1.29, 1.82) is 0 Å². The van der Waals surface area contributed by atoms with E-state index in [2.05, 4.69) is 43.3 Å². The topological polar surface area (TPSA) is 9.23 Å². The Morgan fingerprint density at radius 1 is 0.744 bits per heavy atom. The van der Waals surface area contributed by atoms with Gasteiger partial charge in [-0.15, -0.1) is 0 Å². The van der Waals surface area contributed by atoms with E-state index in [1.54, 1.807) is 13.0 Å². The summed E-state index contributed by atoms with van der Waals surface area (Å²) in [5.74, 6) is -0.447. The molecular weight excluding hydrogens is 486 g/mol. The Labute approximate surface area is 234 Å². The van der Waals surface area contributed by atoms with E-state index in [-0.39, 0.29) is 11.3 Å². The summed E-state index contributed by atoms with van der Waals surface area (Å²) >= 11 is 0. The molecule has 0 unspecified atom stereocenters. The second kappa shape index (κ2) is 15.0. The van der Waals surface area contributed by atoms with Gasteiger partial charge in [-0.1, -0.05) is 86.9 Å². The first-order chi connectivity index (χ1) is 19.1. The summed E-state index contributed by atoms with van der Waals surface area (Å²) in [7, 11) is 0. The summed E-state index contributed by atoms with van der Waals surface area (Å²) in [4.78, 5) is 0. The fourth-order valence-electron chi connectivity index (χ4n) is 5.77. The third-order valence-corrected chi connectivity index (χ3v) is 8.16. The molecule has 3 aromatic carbocycles. The van der Waals surface area contributed by atoms with Crippen LogP contribution in [0.3, 0.4) is 0 Å². The lowest BCUT2D eigenvalue weighted by Crippen LogP contribution is -2.11. The third-order valence-electron chi connectivity index (χ3n) is 8.16. The quantitative estimate of drug-likeness (QED) is 0.158. The predicted molar refractivity (Wildman–Crippen MR) is 159 cm³/mol. The molecule has 1 aliphatic carbocycles. The molecule has 0 bridgehead atoms. The molecule has 0 aliphatic heterocycles. The van der Waals surface area contributed by atoms with Crippen LogP contribution < -0.4 is 4.74 Å². The first-order valence-corrected chi connectivity index (χ1v) is 15.0. The van der Waals surface area contributed by atoms with Crippen molar-refractivity contribution in [2.45, 2.75) is 90.4 Å². The van der Waals surface area contributed by atoms with Gasteiger partial charge in [-0.05, 0) is 105 Å². The molecule has 0 saturated heterocycles. The molecule has 0 spiro atoms. The molecular formula is C36H44F2O. The van der Waals surface area contributed by atoms with E-state index in [1.807, 2.05) is 24.3 Å². The van der Waals surface area contributed by atoms with Crippen LogP contribution in [-0.4, -0.2) is 6.61 Å². The van der Waals surface area contributed by atoms with Gasteiger partial charge in [0, 0.05) is 5.56 Å². The van der Waals surface area contributed by atoms with E-state index in [1.165, 1.54) is 80.5 Å². The van der Waals surface area contributed by atoms with E-state index in [9.17, 15) is 8.78 Å². The molecule has 0 amide bonds. The van der Waals surface area contributed by atoms with Crippen molar-refractivity contribution in [3.05, 3.63) is 101 Å². The van der Waals surface area contributed by atoms with E-state index >= 15 is 0 Å². The number of hydrogen-bond donors (Lipinski definition) is 0. The van der Waals surface area contributed by atoms with Crippen molar-refractivity contribution in [2.24, 2.45) is 5.92 Å². The third kappa shape index (κ3) is 8.27. The zero-order valence-corrected chi connectivity index (χ0v) is 23.7. The second-order valence-electron chi connectivity index (χ2n) is 11.0. The van der Waals surface area contributed by atoms with E-state index in [0.717, 1.165) is 12.8 Å². The summed E-state index contributed by atoms with van der Waals surface area (Å²) in [5, 5.41) is 0. The first kappa shape index (κ1) is 29.1. The normalized spacial score (nSPS) is 17.5. The lowest BCUT2D eigenvalue weighted by atomic mass is 9.78. The second-order valence-corrected chi connectivity index (χ2v) is 11.0. The summed E-state index contributed by atoms with van der Waals surface area (Å²) < 4.78 is 33.9. The lowest BCUT2D eigenvalue weighted by Gasteiger charge is -2.27. The largest absolute Gasteiger partial charge is 0.491 e. The lowest BCUT2D eigenvalue weighted by molar-refractivity contribution is 0.314. The zero-order chi connectivity index (χ0) is 27.5. The first-order valence-electron chi connectivity index (χ1n) is 15.0. The maximum Gasteiger partial charge on any atom is 0.201 e. The van der Waals surface area contributed by atoms with Crippen molar-refractivity contribution in [3.8, 4) is 16.9 Å². The molecule has 4 rings (SSSR count). The van der Waals surface area contributed by atoms with Crippen molar-refractivity contribution < 1.29 is 13.5 Å². The molecule has 3 heteroatoms. The number of allylic oxidation sites excluding steroid dienone is 2. The summed E-state index contributed by atoms with van der Waals surface area (Å²) in [6.07, 6.45) is 18.3. The number of hydrogen-bond acceptors (Lipinski definition) is 1. The van der Waals surface area contributed by atoms with Gasteiger partial charge in [-0.2, -0.15) is 4.39 Å². The molecule has 0 N–H and O–H groups in total. The number of halogens is 2. The number of aryl methyl sites for hydroxylation is 2. The summed E-state index contributed by atoms with van der Waals surface area (Å²) in [6.45, 7) is 4.31. The minimum Gasteiger partial charge on any atom is -0.491 e. The monoisotopic (exact) mass is 530 g/mol. The molecule has 0 atom stereocenters. The fourth-order valence-corrected chi connectivity index (χ4v) is 5.77. The summed E-state index contributed by atoms with van der Waals surface area (Å²) in [5.41, 5.74) is 5.14. The Morgan fingerprint density at radius 2 is 1.44 bits per heavy atom. The van der Waals surface area contributed by atoms with Crippen molar-refractivity contribution in [3.63, 3.8) is 0 Å². The van der Waals surface area contributed by atoms with Crippen LogP contribution in [-0.2, 0) is 12.8 Å². The Hall–Kier alpha value is -2.94. The van der Waals surface area contributed by atoms with Gasteiger partial charge in [0.2, 0.25) is 5.82 Å². The highest BCUT2D eigenvalue weighted by atomic mass is 19.2. The molecule has 1 fully saturated rings. The molecule has 1 nitrogen and oxygen atoms in total. The van der Waals surface area contributed by atoms with Crippen LogP contribution in [0, 0.1) is 17.6 Å². The van der Waals surface area contributed by atoms with Crippen LogP contribution in [0.15, 0.2) is 72.8 Å². The Balaban J connectivity index is 1.20. The average molecular weight is 531 g/mol. The average Bonchev–Trinajstić information content (AvgIpc) is 2.97. The highest BCUT2D eigenvalue weighted by Crippen LogP contribution is 2.36. The minimum absolute atomic E-state index is 0.0437. The van der Waals surface area contributed by atoms with Gasteiger partial charge in [0.05, 0.1) is 6.61 Å². The van der Waals surface area contributed by atoms with Gasteiger partial charge >= 0.3 is 0 Å². The highest BCUT2D eigenvalue weighted by Gasteiger charge is 2.21. The van der Waals surface area contributed by atoms with Crippen LogP contribution in [0.4, 0.5) is 8.78 Å². The molecule has 1 saturated carbocycles. The maximum absolute atomic E-state index is 14.5. The molecule has 208 valence electrons. The Bertz CT molecular complexity index is 1170. The maximum atomic E-state index is 14.5. The van der Waals surface area contributed by atoms with E-state index in [0.29, 0.717) is 24.0 Å². The predicted octanol–water partition coefficient (Wildman–Crippen LogP) is 10.6. The van der Waals surface area contributed by atoms with Crippen molar-refractivity contribution in [2.75, 3.05) is 6.61 Å². The van der Waals surface area contributed by atoms with Gasteiger partial charge in [-0.25, -0.2) is 4.39 Å². The van der Waals surface area contributed by atoms with Gasteiger partial charge < -0.3 is 4.74 Å². The van der Waals surface area contributed by atoms with Crippen LogP contribution in [0.2, 0.25) is 0 Å². The molecule has 3 aromatic rings. The molecule has 0 radical (unpaired) electrons. The molecule has 0 aromatic heterocycles. The van der Waals surface area contributed by atoms with Crippen LogP contribution in [0.25, 0.3) is 11.1 Å². The van der Waals surface area contributed by atoms with Crippen LogP contribution in [0.5, 0.6) is 5.75 Å². The van der Waals surface area contributed by atoms with Crippen molar-refractivity contribution >= 4 is 0 Å². The number of ether oxygens (including phenoxy) is 1. The zero-order valence-electron chi connectivity index (χ0n) is 23.7. The Morgan fingerprint density at radius 3 is 2.13 bits per heavy atom. The van der Waals surface area contributed by atoms with Gasteiger partial charge in [0.25, 0.3) is 0 Å². The van der Waals surface area contributed by atoms with Crippen LogP contribution in [0.1, 0.15) is 94.2 Å². The summed E-state index contributed by atoms with van der Waals surface area (Å²) in [6, 6.07) is 20.3. The van der Waals surface area contributed by atoms with E-state index in [4.69, 9.17) is 4.74 Å². The number of unbranched alkanes of at least 4 members (excludes halogenated alkanes) is 3. The van der Waals surface area contributed by atoms with Gasteiger partial charge in [0.1, 0.15) is 0 Å². The number of benzene rings is 3. The SMILES string of the molecule is CCCCCCc1ccc(C2CCC(C=CCCc3ccc(-c4ccc(OCC)c(F)c4F)cc3)CC2)cc1. The standard InChI is InChI=1S/C36H44F2O/c1-3-5-6-7-10-27-13-19-30(20-14-27)31-21-15-28(16-22-31)11-8-9-12-29-17-23-32(24-18-29)33-25-26-34(39-4-2)36(38)35(33)37/h8,11,13-14,17-20,23-26,28,31H,3-7,9-10,12,15-16,21-22H2,1-2H3. The molecule has 1 aliphatic rings. The highest BCUT2D eigenvalue weighted by molar-refractivity contribution is 5.65. The number of rotatable bonds is 13. The van der Waals surface area contributed by atoms with Crippen molar-refractivity contribution in [1.82, 2.24) is 0 Å². The van der Waals surface area contributed by atoms with Crippen LogP contribution >= 0.6 is 0 Å². The smallest absolute Gasteiger partial charge is 0.201 e. The molecule has 0 heterocycles. The van der Waals surface area contributed by atoms with Gasteiger partial charge in [-0.3, -0.25) is 0 Å². The molecule has 39 heavy (non-hydrogen) atoms. The fraction of sp³-hybridized carbons (Fsp3) is 0.444. The minimum atomic E-state index is -0.927. The Kier molecular flexibility index (Phi) is 11.2.